The maximum Gasteiger partial charge on any atom is 0.196 e. The van der Waals surface area contributed by atoms with Gasteiger partial charge in [-0.2, -0.15) is 0 Å². The van der Waals surface area contributed by atoms with E-state index in [2.05, 4.69) is 14.6 Å². The lowest BCUT2D eigenvalue weighted by Crippen LogP contribution is -1.86. The van der Waals surface area contributed by atoms with Crippen LogP contribution < -0.4 is 0 Å². The summed E-state index contributed by atoms with van der Waals surface area (Å²) < 4.78 is 15.1. The van der Waals surface area contributed by atoms with E-state index in [1.165, 1.54) is 0 Å². The van der Waals surface area contributed by atoms with Crippen molar-refractivity contribution in [3.05, 3.63) is 30.5 Å². The fourth-order valence-electron chi connectivity index (χ4n) is 1.48. The molecule has 0 spiro atoms. The van der Waals surface area contributed by atoms with Gasteiger partial charge in [-0.05, 0) is 12.1 Å². The van der Waals surface area contributed by atoms with Crippen molar-refractivity contribution in [2.24, 2.45) is 9.63 Å². The minimum Gasteiger partial charge on any atom is -0.255 e. The highest BCUT2D eigenvalue weighted by Gasteiger charge is 2.19. The van der Waals surface area contributed by atoms with Gasteiger partial charge in [0.25, 0.3) is 0 Å². The molecule has 0 saturated carbocycles. The molecule has 1 aliphatic rings. The van der Waals surface area contributed by atoms with Gasteiger partial charge in [0, 0.05) is 11.6 Å². The Morgan fingerprint density at radius 2 is 2.14 bits per heavy atom. The lowest BCUT2D eigenvalue weighted by Gasteiger charge is -1.99. The molecule has 0 aliphatic carbocycles. The quantitative estimate of drug-likeness (QED) is 0.659. The van der Waals surface area contributed by atoms with Gasteiger partial charge in [-0.3, -0.25) is 4.98 Å². The van der Waals surface area contributed by atoms with Crippen LogP contribution in [0.5, 0.6) is 0 Å². The molecule has 0 saturated heterocycles. The summed E-state index contributed by atoms with van der Waals surface area (Å²) in [5.41, 5.74) is 1.39. The van der Waals surface area contributed by atoms with Crippen LogP contribution in [0.25, 0.3) is 10.9 Å². The van der Waals surface area contributed by atoms with Crippen LogP contribution in [0.3, 0.4) is 0 Å². The van der Waals surface area contributed by atoms with E-state index >= 15 is 0 Å². The van der Waals surface area contributed by atoms with Crippen molar-refractivity contribution in [1.82, 2.24) is 4.98 Å². The van der Waals surface area contributed by atoms with E-state index in [-0.39, 0.29) is 0 Å². The van der Waals surface area contributed by atoms with Gasteiger partial charge in [0.05, 0.1) is 5.52 Å². The largest absolute Gasteiger partial charge is 0.255 e. The molecule has 2 aromatic rings. The average Bonchev–Trinajstić information content (AvgIpc) is 2.61. The topological polar surface area (TPSA) is 54.7 Å². The Morgan fingerprint density at radius 3 is 3.07 bits per heavy atom. The van der Waals surface area contributed by atoms with Gasteiger partial charge in [-0.15, -0.1) is 5.11 Å². The zero-order chi connectivity index (χ0) is 9.54. The lowest BCUT2D eigenvalue weighted by molar-refractivity contribution is 0.685. The predicted octanol–water partition coefficient (Wildman–Crippen LogP) is 2.35. The van der Waals surface area contributed by atoms with Gasteiger partial charge in [-0.1, -0.05) is 16.7 Å². The molecule has 14 heavy (non-hydrogen) atoms. The van der Waals surface area contributed by atoms with Crippen molar-refractivity contribution in [1.29, 1.82) is 0 Å². The number of fused-ring (bicyclic) bond motifs is 3. The van der Waals surface area contributed by atoms with Crippen LogP contribution in [0, 0.1) is 0 Å². The summed E-state index contributed by atoms with van der Waals surface area (Å²) in [6, 6.07) is 7.50. The second-order valence-electron chi connectivity index (χ2n) is 2.92. The zero-order valence-electron chi connectivity index (χ0n) is 7.04. The third-order valence-corrected chi connectivity index (χ3v) is 3.09. The molecule has 2 heterocycles. The van der Waals surface area contributed by atoms with Crippen LogP contribution in [0.4, 0.5) is 5.69 Å². The highest BCUT2D eigenvalue weighted by molar-refractivity contribution is 7.84. The minimum atomic E-state index is -1.38. The molecule has 1 aromatic heterocycles. The van der Waals surface area contributed by atoms with E-state index in [9.17, 15) is 4.21 Å². The standard InChI is InChI=1S/C9H5N3OS/c13-14-9-7(11-12-14)4-3-6-2-1-5-10-8(6)9/h1-5H. The van der Waals surface area contributed by atoms with E-state index in [1.807, 2.05) is 24.3 Å². The van der Waals surface area contributed by atoms with Crippen molar-refractivity contribution < 1.29 is 4.21 Å². The van der Waals surface area contributed by atoms with Crippen LogP contribution in [-0.4, -0.2) is 9.19 Å². The molecule has 5 heteroatoms. The van der Waals surface area contributed by atoms with E-state index in [0.29, 0.717) is 10.6 Å². The smallest absolute Gasteiger partial charge is 0.196 e. The molecule has 0 bridgehead atoms. The van der Waals surface area contributed by atoms with E-state index in [1.54, 1.807) is 6.20 Å². The van der Waals surface area contributed by atoms with Crippen molar-refractivity contribution >= 4 is 27.6 Å². The molecule has 0 fully saturated rings. The van der Waals surface area contributed by atoms with Gasteiger partial charge in [0.2, 0.25) is 0 Å². The molecule has 0 radical (unpaired) electrons. The van der Waals surface area contributed by atoms with Crippen molar-refractivity contribution in [2.45, 2.75) is 4.90 Å². The first-order valence-corrected chi connectivity index (χ1v) is 5.18. The minimum absolute atomic E-state index is 0.628. The zero-order valence-corrected chi connectivity index (χ0v) is 7.86. The number of rotatable bonds is 0. The van der Waals surface area contributed by atoms with Crippen molar-refractivity contribution in [3.8, 4) is 0 Å². The number of nitrogens with zero attached hydrogens (tertiary/aromatic N) is 3. The molecule has 4 nitrogen and oxygen atoms in total. The average molecular weight is 203 g/mol. The van der Waals surface area contributed by atoms with E-state index < -0.39 is 11.0 Å². The second kappa shape index (κ2) is 2.68. The van der Waals surface area contributed by atoms with E-state index in [4.69, 9.17) is 0 Å². The van der Waals surface area contributed by atoms with E-state index in [0.717, 1.165) is 10.9 Å². The summed E-state index contributed by atoms with van der Waals surface area (Å²) in [5, 5.41) is 4.78. The molecule has 0 amide bonds. The number of hydrogen-bond acceptors (Lipinski definition) is 3. The fraction of sp³-hybridized carbons (Fsp3) is 0. The third kappa shape index (κ3) is 0.927. The normalized spacial score (nSPS) is 18.7. The van der Waals surface area contributed by atoms with Crippen LogP contribution in [-0.2, 0) is 11.0 Å². The summed E-state index contributed by atoms with van der Waals surface area (Å²) in [4.78, 5) is 4.82. The Balaban J connectivity index is 2.50. The summed E-state index contributed by atoms with van der Waals surface area (Å²) >= 11 is 0. The Labute approximate surface area is 82.3 Å². The first-order chi connectivity index (χ1) is 6.86. The lowest BCUT2D eigenvalue weighted by atomic mass is 10.2. The molecular weight excluding hydrogens is 198 g/mol. The highest BCUT2D eigenvalue weighted by atomic mass is 32.2. The highest BCUT2D eigenvalue weighted by Crippen LogP contribution is 2.35. The molecular formula is C9H5N3OS. The summed E-state index contributed by atoms with van der Waals surface area (Å²) in [6.45, 7) is 0. The molecule has 1 aliphatic heterocycles. The summed E-state index contributed by atoms with van der Waals surface area (Å²) in [5.74, 6) is 0. The van der Waals surface area contributed by atoms with Crippen molar-refractivity contribution in [2.75, 3.05) is 0 Å². The van der Waals surface area contributed by atoms with Gasteiger partial charge >= 0.3 is 0 Å². The first-order valence-electron chi connectivity index (χ1n) is 4.07. The summed E-state index contributed by atoms with van der Waals surface area (Å²) in [6.07, 6.45) is 1.68. The van der Waals surface area contributed by atoms with Gasteiger partial charge < -0.3 is 0 Å². The Morgan fingerprint density at radius 1 is 1.21 bits per heavy atom. The van der Waals surface area contributed by atoms with Gasteiger partial charge in [0.1, 0.15) is 10.6 Å². The van der Waals surface area contributed by atoms with Crippen molar-refractivity contribution in [3.63, 3.8) is 0 Å². The summed E-state index contributed by atoms with van der Waals surface area (Å²) in [7, 11) is -1.38. The predicted molar refractivity (Wildman–Crippen MR) is 52.7 cm³/mol. The molecule has 3 rings (SSSR count). The monoisotopic (exact) mass is 203 g/mol. The van der Waals surface area contributed by atoms with Gasteiger partial charge in [-0.25, -0.2) is 4.21 Å². The maximum atomic E-state index is 11.5. The van der Waals surface area contributed by atoms with Crippen LogP contribution in [0.1, 0.15) is 0 Å². The molecule has 1 unspecified atom stereocenters. The Kier molecular flexibility index (Phi) is 1.49. The molecule has 1 atom stereocenters. The molecule has 1 aromatic carbocycles. The number of pyridine rings is 1. The Hall–Kier alpha value is -1.62. The molecule has 0 N–H and O–H groups in total. The number of hydrogen-bond donors (Lipinski definition) is 0. The SMILES string of the molecule is O=S1N=Nc2ccc3cccnc3c21. The maximum absolute atomic E-state index is 11.5. The fourth-order valence-corrected chi connectivity index (χ4v) is 2.35. The third-order valence-electron chi connectivity index (χ3n) is 2.10. The number of benzene rings is 1. The van der Waals surface area contributed by atoms with Crippen LogP contribution >= 0.6 is 0 Å². The van der Waals surface area contributed by atoms with Gasteiger partial charge in [0.15, 0.2) is 11.0 Å². The van der Waals surface area contributed by atoms with Crippen LogP contribution in [0.15, 0.2) is 45.0 Å². The second-order valence-corrected chi connectivity index (χ2v) is 3.99. The van der Waals surface area contributed by atoms with Crippen LogP contribution in [0.2, 0.25) is 0 Å². The Bertz CT molecular complexity index is 579. The number of aromatic nitrogens is 1. The molecule has 68 valence electrons. The first kappa shape index (κ1) is 7.75.